The molecule has 5 N–H and O–H groups in total. The lowest BCUT2D eigenvalue weighted by Crippen LogP contribution is -2.71. The lowest BCUT2D eigenvalue weighted by molar-refractivity contribution is -0.368. The maximum atomic E-state index is 11.7. The third-order valence-corrected chi connectivity index (χ3v) is 5.24. The molecular weight excluding hydrogens is 406 g/mol. The number of ether oxygens (including phenoxy) is 4. The zero-order chi connectivity index (χ0) is 23.3. The highest BCUT2D eigenvalue weighted by Gasteiger charge is 2.56. The summed E-state index contributed by atoms with van der Waals surface area (Å²) in [5.41, 5.74) is -0.993. The highest BCUT2D eigenvalue weighted by atomic mass is 16.7. The smallest absolute Gasteiger partial charge is 0.373 e. The van der Waals surface area contributed by atoms with Crippen LogP contribution < -0.4 is 5.32 Å². The van der Waals surface area contributed by atoms with Gasteiger partial charge in [-0.05, 0) is 20.8 Å². The lowest BCUT2D eigenvalue weighted by atomic mass is 9.84. The third kappa shape index (κ3) is 5.82. The van der Waals surface area contributed by atoms with Crippen molar-refractivity contribution >= 4 is 12.1 Å². The average Bonchev–Trinajstić information content (AvgIpc) is 2.66. The molecule has 2 aliphatic heterocycles. The second kappa shape index (κ2) is 10.7. The average molecular weight is 437 g/mol. The van der Waals surface area contributed by atoms with Gasteiger partial charge in [0.2, 0.25) is 5.91 Å². The molecule has 2 rings (SSSR count). The van der Waals surface area contributed by atoms with Gasteiger partial charge in [-0.1, -0.05) is 0 Å². The fourth-order valence-electron chi connectivity index (χ4n) is 3.62. The van der Waals surface area contributed by atoms with Crippen LogP contribution >= 0.6 is 0 Å². The summed E-state index contributed by atoms with van der Waals surface area (Å²) in [6, 6.07) is -0.808. The summed E-state index contributed by atoms with van der Waals surface area (Å²) in [4.78, 5) is 27.9. The molecule has 0 aromatic carbocycles. The molecule has 0 saturated carbocycles. The van der Waals surface area contributed by atoms with E-state index >= 15 is 0 Å². The van der Waals surface area contributed by atoms with Crippen molar-refractivity contribution in [2.24, 2.45) is 0 Å². The zero-order valence-electron chi connectivity index (χ0n) is 17.6. The molecule has 0 aliphatic carbocycles. The van der Waals surface area contributed by atoms with E-state index in [-0.39, 0.29) is 18.7 Å². The van der Waals surface area contributed by atoms with Crippen molar-refractivity contribution in [2.75, 3.05) is 20.3 Å². The Hall–Kier alpha value is -1.47. The molecule has 30 heavy (non-hydrogen) atoms. The Balaban J connectivity index is 0.00000141. The molecule has 8 atom stereocenters. The third-order valence-electron chi connectivity index (χ3n) is 5.24. The Morgan fingerprint density at radius 1 is 1.20 bits per heavy atom. The summed E-state index contributed by atoms with van der Waals surface area (Å²) >= 11 is 0. The number of hydrogen-bond donors (Lipinski definition) is 5. The predicted molar refractivity (Wildman–Crippen MR) is 96.7 cm³/mol. The molecule has 0 bridgehead atoms. The Kier molecular flexibility index (Phi) is 9.49. The molecule has 12 nitrogen and oxygen atoms in total. The minimum atomic E-state index is -1.68. The van der Waals surface area contributed by atoms with Crippen LogP contribution in [0.3, 0.4) is 0 Å². The van der Waals surface area contributed by atoms with Gasteiger partial charge in [0.25, 0.3) is 0 Å². The summed E-state index contributed by atoms with van der Waals surface area (Å²) in [7, 11) is 1.39. The number of aliphatic hydroxyl groups is 4. The number of rotatable bonds is 5. The normalized spacial score (nSPS) is 40.5. The highest BCUT2D eigenvalue weighted by Crippen LogP contribution is 2.36. The number of aliphatic hydroxyl groups excluding tert-OH is 4. The van der Waals surface area contributed by atoms with E-state index in [9.17, 15) is 25.2 Å². The molecular formula is C18H31NO11. The van der Waals surface area contributed by atoms with Crippen molar-refractivity contribution in [3.8, 4) is 0 Å². The van der Waals surface area contributed by atoms with E-state index in [1.54, 1.807) is 13.8 Å². The van der Waals surface area contributed by atoms with Gasteiger partial charge in [-0.2, -0.15) is 9.59 Å². The molecule has 2 heterocycles. The zero-order valence-corrected chi connectivity index (χ0v) is 17.6. The van der Waals surface area contributed by atoms with Crippen LogP contribution in [0.2, 0.25) is 0 Å². The fraction of sp³-hybridized carbons (Fsp3) is 0.889. The quantitative estimate of drug-likeness (QED) is 0.302. The van der Waals surface area contributed by atoms with Crippen molar-refractivity contribution in [3.63, 3.8) is 0 Å². The first-order valence-corrected chi connectivity index (χ1v) is 9.32. The monoisotopic (exact) mass is 437 g/mol. The molecule has 3 unspecified atom stereocenters. The Bertz CT molecular complexity index is 609. The first kappa shape index (κ1) is 26.6. The van der Waals surface area contributed by atoms with E-state index in [2.05, 4.69) is 5.32 Å². The van der Waals surface area contributed by atoms with Crippen molar-refractivity contribution in [2.45, 2.75) is 81.7 Å². The van der Waals surface area contributed by atoms with E-state index < -0.39 is 60.7 Å². The fourth-order valence-corrected chi connectivity index (χ4v) is 3.62. The van der Waals surface area contributed by atoms with Crippen molar-refractivity contribution in [1.82, 2.24) is 5.32 Å². The number of carbonyl (C=O) groups is 1. The molecule has 2 fully saturated rings. The Morgan fingerprint density at radius 2 is 1.77 bits per heavy atom. The lowest BCUT2D eigenvalue weighted by Gasteiger charge is -2.53. The summed E-state index contributed by atoms with van der Waals surface area (Å²) in [6.45, 7) is 5.62. The second-order valence-corrected chi connectivity index (χ2v) is 7.81. The maximum Gasteiger partial charge on any atom is 0.373 e. The molecule has 0 aromatic rings. The predicted octanol–water partition coefficient (Wildman–Crippen LogP) is -2.69. The van der Waals surface area contributed by atoms with Crippen LogP contribution in [0.1, 0.15) is 27.7 Å². The van der Waals surface area contributed by atoms with Crippen LogP contribution in [0.15, 0.2) is 0 Å². The molecule has 2 saturated heterocycles. The van der Waals surface area contributed by atoms with Crippen LogP contribution in [-0.2, 0) is 33.3 Å². The summed E-state index contributed by atoms with van der Waals surface area (Å²) in [5, 5.41) is 43.6. The van der Waals surface area contributed by atoms with E-state index in [0.29, 0.717) is 0 Å². The van der Waals surface area contributed by atoms with Crippen molar-refractivity contribution in [3.05, 3.63) is 0 Å². The van der Waals surface area contributed by atoms with E-state index in [4.69, 9.17) is 28.5 Å². The van der Waals surface area contributed by atoms with E-state index in [1.807, 2.05) is 0 Å². The van der Waals surface area contributed by atoms with Gasteiger partial charge in [0.1, 0.15) is 36.6 Å². The van der Waals surface area contributed by atoms with Gasteiger partial charge in [0.05, 0.1) is 24.9 Å². The SMILES string of the molecule is CO[C@@H]1CO[C@@](C)(O[C@@H]2C(NC(C)=O)C(C)(C)OC(CO)[C@H]2O)C(O)[C@H]1O.O=C=O. The van der Waals surface area contributed by atoms with Crippen LogP contribution in [-0.4, -0.2) is 107 Å². The van der Waals surface area contributed by atoms with Crippen LogP contribution in [0.5, 0.6) is 0 Å². The van der Waals surface area contributed by atoms with Crippen LogP contribution in [0, 0.1) is 0 Å². The number of carbonyl (C=O) groups excluding carboxylic acids is 3. The van der Waals surface area contributed by atoms with Gasteiger partial charge in [0, 0.05) is 14.0 Å². The summed E-state index contributed by atoms with van der Waals surface area (Å²) in [6.07, 6.45) is -6.59. The Labute approximate surface area is 174 Å². The van der Waals surface area contributed by atoms with Gasteiger partial charge in [0.15, 0.2) is 5.79 Å². The Morgan fingerprint density at radius 3 is 2.23 bits per heavy atom. The maximum absolute atomic E-state index is 11.7. The minimum absolute atomic E-state index is 0.0395. The first-order valence-electron chi connectivity index (χ1n) is 9.32. The molecule has 1 amide bonds. The highest BCUT2D eigenvalue weighted by molar-refractivity contribution is 5.73. The van der Waals surface area contributed by atoms with Crippen molar-refractivity contribution < 1.29 is 53.8 Å². The van der Waals surface area contributed by atoms with Gasteiger partial charge in [-0.15, -0.1) is 0 Å². The molecule has 12 heteroatoms. The van der Waals surface area contributed by atoms with Gasteiger partial charge >= 0.3 is 6.15 Å². The van der Waals surface area contributed by atoms with E-state index in [1.165, 1.54) is 21.0 Å². The largest absolute Gasteiger partial charge is 0.394 e. The molecule has 0 spiro atoms. The van der Waals surface area contributed by atoms with E-state index in [0.717, 1.165) is 0 Å². The molecule has 2 aliphatic rings. The summed E-state index contributed by atoms with van der Waals surface area (Å²) in [5.74, 6) is -2.04. The first-order chi connectivity index (χ1) is 13.9. The van der Waals surface area contributed by atoms with Crippen molar-refractivity contribution in [1.29, 1.82) is 0 Å². The number of hydrogen-bond acceptors (Lipinski definition) is 11. The van der Waals surface area contributed by atoms with Gasteiger partial charge in [-0.25, -0.2) is 0 Å². The van der Waals surface area contributed by atoms with Crippen LogP contribution in [0.25, 0.3) is 0 Å². The standard InChI is InChI=1S/C17H31NO9.CO2/c1-8(20)18-14-13(11(21)9(6-19)26-16(14,2)3)27-17(4)15(23)12(22)10(24-5)7-25-17;2-1-3/h9-15,19,21-23H,6-7H2,1-5H3,(H,18,20);/t9?,10-,11-,12+,13+,14?,15?,17+;/m1./s1. The topological polar surface area (TPSA) is 181 Å². The molecule has 174 valence electrons. The molecule has 0 radical (unpaired) electrons. The summed E-state index contributed by atoms with van der Waals surface area (Å²) < 4.78 is 22.3. The number of amides is 1. The minimum Gasteiger partial charge on any atom is -0.394 e. The second-order valence-electron chi connectivity index (χ2n) is 7.81. The van der Waals surface area contributed by atoms with Crippen LogP contribution in [0.4, 0.5) is 0 Å². The van der Waals surface area contributed by atoms with Gasteiger partial charge in [-0.3, -0.25) is 4.79 Å². The van der Waals surface area contributed by atoms with Gasteiger partial charge < -0.3 is 44.7 Å². The number of nitrogens with one attached hydrogen (secondary N) is 1. The number of methoxy groups -OCH3 is 1. The molecule has 0 aromatic heterocycles.